The summed E-state index contributed by atoms with van der Waals surface area (Å²) < 4.78 is 0. The fraction of sp³-hybridized carbons (Fsp3) is 0.0952. The number of hydrogen-bond donors (Lipinski definition) is 2. The fourth-order valence-electron chi connectivity index (χ4n) is 2.43. The van der Waals surface area contributed by atoms with E-state index in [1.807, 2.05) is 43.3 Å². The molecule has 5 heteroatoms. The van der Waals surface area contributed by atoms with Crippen molar-refractivity contribution in [1.29, 1.82) is 0 Å². The lowest BCUT2D eigenvalue weighted by molar-refractivity contribution is 0.101. The van der Waals surface area contributed by atoms with Gasteiger partial charge in [0, 0.05) is 23.1 Å². The second kappa shape index (κ2) is 7.61. The SMILES string of the molecule is CC(=O)c1ccc(Nc2cncc(C(=O)Nc3ccc(C)cc3)c2)cc1. The lowest BCUT2D eigenvalue weighted by Crippen LogP contribution is -2.12. The van der Waals surface area contributed by atoms with E-state index in [4.69, 9.17) is 0 Å². The number of carbonyl (C=O) groups is 2. The molecule has 1 heterocycles. The molecule has 1 aromatic heterocycles. The Morgan fingerprint density at radius 2 is 1.46 bits per heavy atom. The first kappa shape index (κ1) is 17.4. The molecule has 0 bridgehead atoms. The van der Waals surface area contributed by atoms with Gasteiger partial charge in [-0.1, -0.05) is 17.7 Å². The Labute approximate surface area is 152 Å². The van der Waals surface area contributed by atoms with E-state index in [-0.39, 0.29) is 11.7 Å². The monoisotopic (exact) mass is 345 g/mol. The van der Waals surface area contributed by atoms with Gasteiger partial charge in [-0.3, -0.25) is 14.6 Å². The number of Topliss-reactive ketones (excluding diaryl/α,β-unsaturated/α-hetero) is 1. The van der Waals surface area contributed by atoms with Gasteiger partial charge in [0.05, 0.1) is 17.4 Å². The summed E-state index contributed by atoms with van der Waals surface area (Å²) in [6.45, 7) is 3.52. The van der Waals surface area contributed by atoms with Crippen molar-refractivity contribution >= 4 is 28.8 Å². The third-order valence-corrected chi connectivity index (χ3v) is 3.89. The maximum atomic E-state index is 12.4. The molecule has 3 rings (SSSR count). The number of pyridine rings is 1. The first-order valence-corrected chi connectivity index (χ1v) is 8.22. The summed E-state index contributed by atoms with van der Waals surface area (Å²) in [6, 6.07) is 16.5. The molecule has 0 aliphatic carbocycles. The Morgan fingerprint density at radius 3 is 2.12 bits per heavy atom. The van der Waals surface area contributed by atoms with Gasteiger partial charge in [0.25, 0.3) is 5.91 Å². The molecule has 0 unspecified atom stereocenters. The smallest absolute Gasteiger partial charge is 0.257 e. The van der Waals surface area contributed by atoms with Gasteiger partial charge in [-0.25, -0.2) is 0 Å². The maximum Gasteiger partial charge on any atom is 0.257 e. The number of aryl methyl sites for hydroxylation is 1. The highest BCUT2D eigenvalue weighted by Gasteiger charge is 2.08. The molecule has 3 aromatic rings. The van der Waals surface area contributed by atoms with Crippen LogP contribution in [-0.2, 0) is 0 Å². The Bertz CT molecular complexity index is 932. The summed E-state index contributed by atoms with van der Waals surface area (Å²) in [5.41, 5.74) is 4.48. The second-order valence-corrected chi connectivity index (χ2v) is 6.04. The highest BCUT2D eigenvalue weighted by Crippen LogP contribution is 2.18. The summed E-state index contributed by atoms with van der Waals surface area (Å²) in [5.74, 6) is -0.204. The van der Waals surface area contributed by atoms with E-state index in [2.05, 4.69) is 15.6 Å². The minimum atomic E-state index is -0.225. The summed E-state index contributed by atoms with van der Waals surface area (Å²) in [4.78, 5) is 27.9. The number of anilines is 3. The Kier molecular flexibility index (Phi) is 5.08. The van der Waals surface area contributed by atoms with Crippen LogP contribution in [-0.4, -0.2) is 16.7 Å². The van der Waals surface area contributed by atoms with Crippen LogP contribution < -0.4 is 10.6 Å². The summed E-state index contributed by atoms with van der Waals surface area (Å²) in [5, 5.41) is 6.04. The van der Waals surface area contributed by atoms with Gasteiger partial charge in [0.15, 0.2) is 5.78 Å². The third kappa shape index (κ3) is 4.33. The number of aromatic nitrogens is 1. The van der Waals surface area contributed by atoms with Crippen molar-refractivity contribution in [3.63, 3.8) is 0 Å². The van der Waals surface area contributed by atoms with Gasteiger partial charge >= 0.3 is 0 Å². The van der Waals surface area contributed by atoms with Crippen molar-refractivity contribution in [2.24, 2.45) is 0 Å². The van der Waals surface area contributed by atoms with E-state index >= 15 is 0 Å². The molecule has 2 N–H and O–H groups in total. The zero-order valence-corrected chi connectivity index (χ0v) is 14.6. The minimum Gasteiger partial charge on any atom is -0.354 e. The number of nitrogens with one attached hydrogen (secondary N) is 2. The lowest BCUT2D eigenvalue weighted by Gasteiger charge is -2.09. The molecule has 0 fully saturated rings. The Hall–Kier alpha value is -3.47. The topological polar surface area (TPSA) is 71.1 Å². The molecule has 0 spiro atoms. The number of amides is 1. The van der Waals surface area contributed by atoms with Gasteiger partial charge in [-0.15, -0.1) is 0 Å². The average Bonchev–Trinajstić information content (AvgIpc) is 2.64. The van der Waals surface area contributed by atoms with Crippen LogP contribution in [0.3, 0.4) is 0 Å². The second-order valence-electron chi connectivity index (χ2n) is 6.04. The molecular formula is C21H19N3O2. The molecule has 1 amide bonds. The molecular weight excluding hydrogens is 326 g/mol. The number of nitrogens with zero attached hydrogens (tertiary/aromatic N) is 1. The van der Waals surface area contributed by atoms with Crippen LogP contribution in [0.5, 0.6) is 0 Å². The number of rotatable bonds is 5. The van der Waals surface area contributed by atoms with Crippen LogP contribution in [0.1, 0.15) is 33.2 Å². The standard InChI is InChI=1S/C21H19N3O2/c1-14-3-7-19(8-4-14)24-21(26)17-11-20(13-22-12-17)23-18-9-5-16(6-10-18)15(2)25/h3-13,23H,1-2H3,(H,24,26). The van der Waals surface area contributed by atoms with Crippen molar-refractivity contribution in [3.05, 3.63) is 83.7 Å². The molecule has 0 aliphatic heterocycles. The van der Waals surface area contributed by atoms with Gasteiger partial charge < -0.3 is 10.6 Å². The average molecular weight is 345 g/mol. The van der Waals surface area contributed by atoms with E-state index in [9.17, 15) is 9.59 Å². The molecule has 130 valence electrons. The predicted molar refractivity (Wildman–Crippen MR) is 103 cm³/mol. The highest BCUT2D eigenvalue weighted by molar-refractivity contribution is 6.04. The normalized spacial score (nSPS) is 10.2. The van der Waals surface area contributed by atoms with E-state index < -0.39 is 0 Å². The minimum absolute atomic E-state index is 0.0213. The zero-order valence-electron chi connectivity index (χ0n) is 14.6. The molecule has 2 aromatic carbocycles. The van der Waals surface area contributed by atoms with Gasteiger partial charge in [0.2, 0.25) is 0 Å². The summed E-state index contributed by atoms with van der Waals surface area (Å²) >= 11 is 0. The third-order valence-electron chi connectivity index (χ3n) is 3.89. The van der Waals surface area contributed by atoms with Crippen LogP contribution in [0.25, 0.3) is 0 Å². The number of carbonyl (C=O) groups excluding carboxylic acids is 2. The maximum absolute atomic E-state index is 12.4. The van der Waals surface area contributed by atoms with Crippen LogP contribution in [0, 0.1) is 6.92 Å². The van der Waals surface area contributed by atoms with Crippen molar-refractivity contribution in [1.82, 2.24) is 4.98 Å². The van der Waals surface area contributed by atoms with Crippen molar-refractivity contribution in [2.45, 2.75) is 13.8 Å². The van der Waals surface area contributed by atoms with E-state index in [1.54, 1.807) is 24.4 Å². The van der Waals surface area contributed by atoms with Gasteiger partial charge in [-0.2, -0.15) is 0 Å². The Balaban J connectivity index is 1.72. The number of benzene rings is 2. The molecule has 5 nitrogen and oxygen atoms in total. The van der Waals surface area contributed by atoms with Crippen molar-refractivity contribution in [3.8, 4) is 0 Å². The van der Waals surface area contributed by atoms with Crippen LogP contribution >= 0.6 is 0 Å². The van der Waals surface area contributed by atoms with Crippen LogP contribution in [0.15, 0.2) is 67.0 Å². The van der Waals surface area contributed by atoms with Crippen molar-refractivity contribution < 1.29 is 9.59 Å². The lowest BCUT2D eigenvalue weighted by atomic mass is 10.1. The fourth-order valence-corrected chi connectivity index (χ4v) is 2.43. The Morgan fingerprint density at radius 1 is 0.808 bits per heavy atom. The summed E-state index contributed by atoms with van der Waals surface area (Å²) in [7, 11) is 0. The molecule has 0 saturated carbocycles. The van der Waals surface area contributed by atoms with E-state index in [0.717, 1.165) is 16.9 Å². The van der Waals surface area contributed by atoms with Crippen molar-refractivity contribution in [2.75, 3.05) is 10.6 Å². The van der Waals surface area contributed by atoms with Crippen LogP contribution in [0.4, 0.5) is 17.1 Å². The molecule has 26 heavy (non-hydrogen) atoms. The zero-order chi connectivity index (χ0) is 18.5. The first-order chi connectivity index (χ1) is 12.5. The van der Waals surface area contributed by atoms with E-state index in [1.165, 1.54) is 13.1 Å². The van der Waals surface area contributed by atoms with Crippen LogP contribution in [0.2, 0.25) is 0 Å². The molecule has 0 radical (unpaired) electrons. The largest absolute Gasteiger partial charge is 0.354 e. The predicted octanol–water partition coefficient (Wildman–Crippen LogP) is 4.59. The molecule has 0 atom stereocenters. The molecule has 0 aliphatic rings. The highest BCUT2D eigenvalue weighted by atomic mass is 16.1. The van der Waals surface area contributed by atoms with Gasteiger partial charge in [0.1, 0.15) is 0 Å². The van der Waals surface area contributed by atoms with Gasteiger partial charge in [-0.05, 0) is 56.3 Å². The number of ketones is 1. The van der Waals surface area contributed by atoms with E-state index in [0.29, 0.717) is 16.8 Å². The molecule has 0 saturated heterocycles. The summed E-state index contributed by atoms with van der Waals surface area (Å²) in [6.07, 6.45) is 3.16. The quantitative estimate of drug-likeness (QED) is 0.664. The first-order valence-electron chi connectivity index (χ1n) is 8.22. The number of hydrogen-bond acceptors (Lipinski definition) is 4.